The molecule has 1 saturated carbocycles. The van der Waals surface area contributed by atoms with Gasteiger partial charge in [0.2, 0.25) is 0 Å². The fraction of sp³-hybridized carbons (Fsp3) is 0.385. The second kappa shape index (κ2) is 9.48. The monoisotopic (exact) mass is 501 g/mol. The molecule has 1 amide bonds. The number of benzene rings is 1. The zero-order valence-electron chi connectivity index (χ0n) is 20.0. The molecule has 4 aromatic rings. The maximum Gasteiger partial charge on any atom is 0.252 e. The van der Waals surface area contributed by atoms with E-state index in [9.17, 15) is 15.0 Å². The molecule has 2 fully saturated rings. The summed E-state index contributed by atoms with van der Waals surface area (Å²) >= 11 is 0. The number of hydrogen-bond acceptors (Lipinski definition) is 8. The number of rotatable bonds is 8. The van der Waals surface area contributed by atoms with Gasteiger partial charge < -0.3 is 30.2 Å². The van der Waals surface area contributed by atoms with Gasteiger partial charge in [-0.3, -0.25) is 9.36 Å². The van der Waals surface area contributed by atoms with Crippen molar-refractivity contribution in [2.75, 3.05) is 11.9 Å². The van der Waals surface area contributed by atoms with Gasteiger partial charge in [0.25, 0.3) is 5.91 Å². The number of para-hydroxylation sites is 1. The topological polar surface area (TPSA) is 139 Å². The molecule has 4 N–H and O–H groups in total. The molecule has 11 nitrogen and oxygen atoms in total. The number of nitrogens with one attached hydrogen (secondary N) is 2. The Hall–Kier alpha value is -3.98. The first-order valence-corrected chi connectivity index (χ1v) is 12.3. The van der Waals surface area contributed by atoms with E-state index in [1.807, 2.05) is 12.1 Å². The zero-order chi connectivity index (χ0) is 25.5. The van der Waals surface area contributed by atoms with E-state index >= 15 is 0 Å². The Morgan fingerprint density at radius 2 is 2.03 bits per heavy atom. The minimum atomic E-state index is -1.36. The van der Waals surface area contributed by atoms with Crippen molar-refractivity contribution in [3.05, 3.63) is 48.7 Å². The molecule has 4 unspecified atom stereocenters. The van der Waals surface area contributed by atoms with Gasteiger partial charge in [-0.15, -0.1) is 6.42 Å². The van der Waals surface area contributed by atoms with E-state index in [1.54, 1.807) is 0 Å². The number of aliphatic hydroxyl groups excluding tert-OH is 2. The van der Waals surface area contributed by atoms with Crippen LogP contribution in [0, 0.1) is 12.3 Å². The van der Waals surface area contributed by atoms with Gasteiger partial charge in [-0.05, 0) is 30.9 Å². The number of ether oxygens (including phenoxy) is 1. The summed E-state index contributed by atoms with van der Waals surface area (Å²) in [5, 5.41) is 28.4. The van der Waals surface area contributed by atoms with E-state index in [4.69, 9.17) is 11.2 Å². The number of terminal acetylenes is 1. The smallest absolute Gasteiger partial charge is 0.252 e. The van der Waals surface area contributed by atoms with Crippen LogP contribution in [-0.4, -0.2) is 71.1 Å². The van der Waals surface area contributed by atoms with Crippen molar-refractivity contribution in [1.82, 2.24) is 29.4 Å². The first-order chi connectivity index (χ1) is 18.0. The maximum absolute atomic E-state index is 12.5. The molecule has 0 bridgehead atoms. The van der Waals surface area contributed by atoms with Gasteiger partial charge in [0, 0.05) is 29.7 Å². The van der Waals surface area contributed by atoms with E-state index in [0.29, 0.717) is 30.1 Å². The first-order valence-electron chi connectivity index (χ1n) is 12.3. The average Bonchev–Trinajstić information content (AvgIpc) is 3.39. The molecule has 1 aliphatic heterocycles. The van der Waals surface area contributed by atoms with E-state index in [0.717, 1.165) is 30.2 Å². The minimum Gasteiger partial charge on any atom is -0.387 e. The predicted molar refractivity (Wildman–Crippen MR) is 135 cm³/mol. The van der Waals surface area contributed by atoms with Crippen LogP contribution in [0.25, 0.3) is 22.1 Å². The number of hydrogen-bond donors (Lipinski definition) is 4. The molecule has 4 atom stereocenters. The van der Waals surface area contributed by atoms with Crippen LogP contribution in [0.4, 0.5) is 5.82 Å². The highest BCUT2D eigenvalue weighted by Crippen LogP contribution is 2.33. The molecule has 37 heavy (non-hydrogen) atoms. The SMILES string of the molecule is C#CCn1cc(CCNc2ncnc3c2ncn3C2OC(C(=O)NC3CC3)C(O)C2O)c2ccccc21. The molecule has 0 spiro atoms. The van der Waals surface area contributed by atoms with Crippen molar-refractivity contribution in [2.24, 2.45) is 0 Å². The van der Waals surface area contributed by atoms with E-state index in [-0.39, 0.29) is 6.04 Å². The molecule has 11 heteroatoms. The predicted octanol–water partition coefficient (Wildman–Crippen LogP) is 0.967. The Kier molecular flexibility index (Phi) is 6.00. The number of aromatic nitrogens is 5. The number of carbonyl (C=O) groups excluding carboxylic acids is 1. The lowest BCUT2D eigenvalue weighted by Crippen LogP contribution is -2.43. The number of aliphatic hydroxyl groups is 2. The van der Waals surface area contributed by atoms with Gasteiger partial charge in [0.05, 0.1) is 12.9 Å². The Balaban J connectivity index is 1.19. The Labute approximate surface area is 212 Å². The van der Waals surface area contributed by atoms with Crippen LogP contribution in [0.15, 0.2) is 43.1 Å². The second-order valence-electron chi connectivity index (χ2n) is 9.44. The number of nitrogens with zero attached hydrogens (tertiary/aromatic N) is 5. The van der Waals surface area contributed by atoms with Crippen LogP contribution in [-0.2, 0) is 22.5 Å². The molecule has 1 aromatic carbocycles. The first kappa shape index (κ1) is 23.4. The highest BCUT2D eigenvalue weighted by Gasteiger charge is 2.48. The van der Waals surface area contributed by atoms with Crippen LogP contribution < -0.4 is 10.6 Å². The summed E-state index contributed by atoms with van der Waals surface area (Å²) in [6.45, 7) is 1.10. The number of amides is 1. The molecule has 1 saturated heterocycles. The van der Waals surface area contributed by atoms with Crippen molar-refractivity contribution in [3.8, 4) is 12.3 Å². The van der Waals surface area contributed by atoms with Gasteiger partial charge in [-0.25, -0.2) is 15.0 Å². The van der Waals surface area contributed by atoms with Crippen molar-refractivity contribution in [2.45, 2.75) is 56.4 Å². The molecule has 0 radical (unpaired) electrons. The van der Waals surface area contributed by atoms with Crippen LogP contribution in [0.2, 0.25) is 0 Å². The number of fused-ring (bicyclic) bond motifs is 2. The highest BCUT2D eigenvalue weighted by molar-refractivity contribution is 5.85. The number of imidazole rings is 1. The fourth-order valence-corrected chi connectivity index (χ4v) is 4.85. The van der Waals surface area contributed by atoms with E-state index in [2.05, 4.69) is 54.4 Å². The van der Waals surface area contributed by atoms with Gasteiger partial charge >= 0.3 is 0 Å². The second-order valence-corrected chi connectivity index (χ2v) is 9.44. The van der Waals surface area contributed by atoms with Gasteiger partial charge in [-0.1, -0.05) is 24.1 Å². The van der Waals surface area contributed by atoms with Crippen LogP contribution in [0.3, 0.4) is 0 Å². The van der Waals surface area contributed by atoms with Gasteiger partial charge in [0.1, 0.15) is 18.5 Å². The summed E-state index contributed by atoms with van der Waals surface area (Å²) < 4.78 is 9.37. The lowest BCUT2D eigenvalue weighted by molar-refractivity contribution is -0.137. The van der Waals surface area contributed by atoms with E-state index < -0.39 is 30.4 Å². The van der Waals surface area contributed by atoms with Crippen molar-refractivity contribution in [1.29, 1.82) is 0 Å². The quantitative estimate of drug-likeness (QED) is 0.262. The van der Waals surface area contributed by atoms with Gasteiger partial charge in [-0.2, -0.15) is 0 Å². The molecule has 3 aromatic heterocycles. The van der Waals surface area contributed by atoms with E-state index in [1.165, 1.54) is 22.8 Å². The molecule has 2 aliphatic rings. The van der Waals surface area contributed by atoms with Crippen molar-refractivity contribution < 1.29 is 19.7 Å². The Bertz CT molecular complexity index is 1500. The standard InChI is InChI=1S/C26H27N7O4/c1-2-11-32-12-15(17-5-3-4-6-18(17)32)9-10-27-23-19-24(29-13-28-23)33(14-30-19)26-21(35)20(34)22(37-26)25(36)31-16-7-8-16/h1,3-6,12-14,16,20-22,26,34-35H,7-11H2,(H,31,36)(H,27,28,29). The largest absolute Gasteiger partial charge is 0.387 e. The summed E-state index contributed by atoms with van der Waals surface area (Å²) in [6.07, 6.45) is 8.17. The fourth-order valence-electron chi connectivity index (χ4n) is 4.85. The Morgan fingerprint density at radius 1 is 1.19 bits per heavy atom. The molecular weight excluding hydrogens is 474 g/mol. The molecule has 6 rings (SSSR count). The molecule has 190 valence electrons. The summed E-state index contributed by atoms with van der Waals surface area (Å²) in [5.74, 6) is 2.80. The third-order valence-corrected chi connectivity index (χ3v) is 6.87. The summed E-state index contributed by atoms with van der Waals surface area (Å²) in [7, 11) is 0. The summed E-state index contributed by atoms with van der Waals surface area (Å²) in [4.78, 5) is 25.6. The minimum absolute atomic E-state index is 0.115. The Morgan fingerprint density at radius 3 is 2.84 bits per heavy atom. The maximum atomic E-state index is 12.5. The van der Waals surface area contributed by atoms with Crippen molar-refractivity contribution in [3.63, 3.8) is 0 Å². The highest BCUT2D eigenvalue weighted by atomic mass is 16.6. The third kappa shape index (κ3) is 4.29. The lowest BCUT2D eigenvalue weighted by Gasteiger charge is -2.16. The van der Waals surface area contributed by atoms with Crippen LogP contribution in [0.5, 0.6) is 0 Å². The molecule has 4 heterocycles. The summed E-state index contributed by atoms with van der Waals surface area (Å²) in [5.41, 5.74) is 3.18. The van der Waals surface area contributed by atoms with Gasteiger partial charge in [0.15, 0.2) is 29.3 Å². The molecular formula is C26H27N7O4. The van der Waals surface area contributed by atoms with Crippen LogP contribution in [0.1, 0.15) is 24.6 Å². The third-order valence-electron chi connectivity index (χ3n) is 6.87. The summed E-state index contributed by atoms with van der Waals surface area (Å²) in [6, 6.07) is 8.26. The van der Waals surface area contributed by atoms with Crippen molar-refractivity contribution >= 4 is 33.8 Å². The number of anilines is 1. The molecule has 1 aliphatic carbocycles. The zero-order valence-corrected chi connectivity index (χ0v) is 20.0. The average molecular weight is 502 g/mol. The normalized spacial score (nSPS) is 23.4. The lowest BCUT2D eigenvalue weighted by atomic mass is 10.1. The number of carbonyl (C=O) groups is 1. The van der Waals surface area contributed by atoms with Crippen LogP contribution >= 0.6 is 0 Å².